The number of halogens is 2. The van der Waals surface area contributed by atoms with Gasteiger partial charge in [-0.15, -0.1) is 0 Å². The zero-order valence-electron chi connectivity index (χ0n) is 10.7. The molecule has 5 heteroatoms. The molecule has 100 valence electrons. The fourth-order valence-corrected chi connectivity index (χ4v) is 2.60. The molecule has 0 fully saturated rings. The van der Waals surface area contributed by atoms with Crippen LogP contribution in [0, 0.1) is 0 Å². The number of rotatable bonds is 3. The smallest absolute Gasteiger partial charge is 0.119 e. The topological polar surface area (TPSA) is 38.5 Å². The van der Waals surface area contributed by atoms with E-state index in [1.807, 2.05) is 36.2 Å². The summed E-state index contributed by atoms with van der Waals surface area (Å²) in [4.78, 5) is 1.91. The Bertz CT molecular complexity index is 561. The molecule has 3 nitrogen and oxygen atoms in total. The maximum atomic E-state index is 6.21. The minimum absolute atomic E-state index is 0.517. The fraction of sp³-hybridized carbons (Fsp3) is 0.143. The summed E-state index contributed by atoms with van der Waals surface area (Å²) in [5.74, 6) is 0.798. The molecule has 2 rings (SSSR count). The number of nitrogens with two attached hydrogens (primary N) is 1. The summed E-state index contributed by atoms with van der Waals surface area (Å²) in [5.41, 5.74) is 7.92. The average molecular weight is 297 g/mol. The number of anilines is 3. The third kappa shape index (κ3) is 2.88. The second kappa shape index (κ2) is 5.59. The van der Waals surface area contributed by atoms with Crippen LogP contribution in [0.15, 0.2) is 36.4 Å². The standard InChI is InChI=1S/C14H14Cl2N2O/c1-18(10-3-5-11(19-2)6-4-10)14-12(15)7-9(17)8-13(14)16/h3-8H,17H2,1-2H3. The molecule has 0 unspecified atom stereocenters. The number of hydrogen-bond donors (Lipinski definition) is 1. The molecule has 0 spiro atoms. The van der Waals surface area contributed by atoms with Crippen molar-refractivity contribution >= 4 is 40.3 Å². The van der Waals surface area contributed by atoms with Gasteiger partial charge >= 0.3 is 0 Å². The molecule has 0 aliphatic rings. The van der Waals surface area contributed by atoms with Gasteiger partial charge in [-0.3, -0.25) is 0 Å². The van der Waals surface area contributed by atoms with E-state index in [0.29, 0.717) is 15.7 Å². The van der Waals surface area contributed by atoms with Gasteiger partial charge < -0.3 is 15.4 Å². The number of nitrogen functional groups attached to an aromatic ring is 1. The second-order valence-electron chi connectivity index (χ2n) is 4.09. The highest BCUT2D eigenvalue weighted by molar-refractivity contribution is 6.39. The van der Waals surface area contributed by atoms with E-state index in [-0.39, 0.29) is 0 Å². The summed E-state index contributed by atoms with van der Waals surface area (Å²) in [6.45, 7) is 0. The largest absolute Gasteiger partial charge is 0.497 e. The molecule has 19 heavy (non-hydrogen) atoms. The molecular weight excluding hydrogens is 283 g/mol. The van der Waals surface area contributed by atoms with Crippen molar-refractivity contribution in [2.45, 2.75) is 0 Å². The third-order valence-corrected chi connectivity index (χ3v) is 3.41. The molecule has 0 saturated carbocycles. The highest BCUT2D eigenvalue weighted by Gasteiger charge is 2.13. The van der Waals surface area contributed by atoms with Crippen LogP contribution in [0.2, 0.25) is 10.0 Å². The molecule has 2 aromatic rings. The molecule has 0 atom stereocenters. The van der Waals surface area contributed by atoms with E-state index in [2.05, 4.69) is 0 Å². The molecule has 0 bridgehead atoms. The predicted molar refractivity (Wildman–Crippen MR) is 81.9 cm³/mol. The van der Waals surface area contributed by atoms with Gasteiger partial charge in [0.2, 0.25) is 0 Å². The van der Waals surface area contributed by atoms with E-state index in [1.165, 1.54) is 0 Å². The van der Waals surface area contributed by atoms with E-state index in [9.17, 15) is 0 Å². The van der Waals surface area contributed by atoms with Gasteiger partial charge in [0, 0.05) is 18.4 Å². The van der Waals surface area contributed by atoms with E-state index < -0.39 is 0 Å². The van der Waals surface area contributed by atoms with Gasteiger partial charge in [0.15, 0.2) is 0 Å². The molecule has 0 heterocycles. The van der Waals surface area contributed by atoms with E-state index >= 15 is 0 Å². The van der Waals surface area contributed by atoms with Crippen LogP contribution in [0.1, 0.15) is 0 Å². The summed E-state index contributed by atoms with van der Waals surface area (Å²) in [7, 11) is 3.53. The summed E-state index contributed by atoms with van der Waals surface area (Å²) in [5, 5.41) is 1.03. The molecule has 0 aromatic heterocycles. The van der Waals surface area contributed by atoms with Gasteiger partial charge in [-0.05, 0) is 36.4 Å². The van der Waals surface area contributed by atoms with Crippen LogP contribution in [-0.2, 0) is 0 Å². The van der Waals surface area contributed by atoms with Gasteiger partial charge in [-0.25, -0.2) is 0 Å². The van der Waals surface area contributed by atoms with Gasteiger partial charge in [0.25, 0.3) is 0 Å². The Hall–Kier alpha value is -1.58. The Kier molecular flexibility index (Phi) is 4.08. The highest BCUT2D eigenvalue weighted by atomic mass is 35.5. The highest BCUT2D eigenvalue weighted by Crippen LogP contribution is 2.38. The summed E-state index contributed by atoms with van der Waals surface area (Å²) < 4.78 is 5.13. The van der Waals surface area contributed by atoms with Crippen molar-refractivity contribution < 1.29 is 4.74 Å². The van der Waals surface area contributed by atoms with E-state index in [4.69, 9.17) is 33.7 Å². The number of ether oxygens (including phenoxy) is 1. The molecule has 0 amide bonds. The second-order valence-corrected chi connectivity index (χ2v) is 4.90. The third-order valence-electron chi connectivity index (χ3n) is 2.83. The van der Waals surface area contributed by atoms with Crippen LogP contribution < -0.4 is 15.4 Å². The average Bonchev–Trinajstić information content (AvgIpc) is 2.37. The van der Waals surface area contributed by atoms with Gasteiger partial charge in [0.05, 0.1) is 22.8 Å². The van der Waals surface area contributed by atoms with Crippen molar-refractivity contribution in [1.82, 2.24) is 0 Å². The Morgan fingerprint density at radius 3 is 2.05 bits per heavy atom. The Labute approximate surface area is 122 Å². The quantitative estimate of drug-likeness (QED) is 0.856. The summed E-state index contributed by atoms with van der Waals surface area (Å²) in [6.07, 6.45) is 0. The van der Waals surface area contributed by atoms with Crippen molar-refractivity contribution in [1.29, 1.82) is 0 Å². The number of methoxy groups -OCH3 is 1. The Morgan fingerprint density at radius 2 is 1.58 bits per heavy atom. The van der Waals surface area contributed by atoms with Crippen LogP contribution in [-0.4, -0.2) is 14.2 Å². The lowest BCUT2D eigenvalue weighted by Crippen LogP contribution is -2.10. The molecule has 0 aliphatic carbocycles. The number of benzene rings is 2. The zero-order chi connectivity index (χ0) is 14.0. The van der Waals surface area contributed by atoms with Crippen molar-refractivity contribution in [2.75, 3.05) is 24.8 Å². The Morgan fingerprint density at radius 1 is 1.05 bits per heavy atom. The number of hydrogen-bond acceptors (Lipinski definition) is 3. The van der Waals surface area contributed by atoms with Gasteiger partial charge in [-0.1, -0.05) is 23.2 Å². The summed E-state index contributed by atoms with van der Waals surface area (Å²) in [6, 6.07) is 11.0. The van der Waals surface area contributed by atoms with E-state index in [1.54, 1.807) is 19.2 Å². The first-order chi connectivity index (χ1) is 9.02. The van der Waals surface area contributed by atoms with Crippen LogP contribution in [0.5, 0.6) is 5.75 Å². The lowest BCUT2D eigenvalue weighted by Gasteiger charge is -2.22. The molecule has 0 aliphatic heterocycles. The minimum atomic E-state index is 0.517. The zero-order valence-corrected chi connectivity index (χ0v) is 12.2. The summed E-state index contributed by atoms with van der Waals surface area (Å²) >= 11 is 12.4. The van der Waals surface area contributed by atoms with Crippen LogP contribution >= 0.6 is 23.2 Å². The van der Waals surface area contributed by atoms with Crippen LogP contribution in [0.25, 0.3) is 0 Å². The first-order valence-electron chi connectivity index (χ1n) is 5.65. The molecule has 0 saturated heterocycles. The maximum absolute atomic E-state index is 6.21. The monoisotopic (exact) mass is 296 g/mol. The molecule has 2 aromatic carbocycles. The lowest BCUT2D eigenvalue weighted by atomic mass is 10.2. The predicted octanol–water partition coefficient (Wildman–Crippen LogP) is 4.35. The van der Waals surface area contributed by atoms with Gasteiger partial charge in [-0.2, -0.15) is 0 Å². The van der Waals surface area contributed by atoms with Crippen LogP contribution in [0.3, 0.4) is 0 Å². The normalized spacial score (nSPS) is 10.3. The first-order valence-corrected chi connectivity index (χ1v) is 6.41. The van der Waals surface area contributed by atoms with Crippen molar-refractivity contribution in [2.24, 2.45) is 0 Å². The van der Waals surface area contributed by atoms with Crippen molar-refractivity contribution in [3.8, 4) is 5.75 Å². The molecule has 2 N–H and O–H groups in total. The lowest BCUT2D eigenvalue weighted by molar-refractivity contribution is 0.415. The van der Waals surface area contributed by atoms with E-state index in [0.717, 1.165) is 17.1 Å². The van der Waals surface area contributed by atoms with Crippen molar-refractivity contribution in [3.05, 3.63) is 46.4 Å². The Balaban J connectivity index is 2.40. The van der Waals surface area contributed by atoms with Crippen molar-refractivity contribution in [3.63, 3.8) is 0 Å². The fourth-order valence-electron chi connectivity index (χ4n) is 1.84. The van der Waals surface area contributed by atoms with Crippen LogP contribution in [0.4, 0.5) is 17.1 Å². The maximum Gasteiger partial charge on any atom is 0.119 e. The first kappa shape index (κ1) is 13.8. The number of nitrogens with zero attached hydrogens (tertiary/aromatic N) is 1. The van der Waals surface area contributed by atoms with Gasteiger partial charge in [0.1, 0.15) is 5.75 Å². The minimum Gasteiger partial charge on any atom is -0.497 e. The molecular formula is C14H14Cl2N2O. The molecule has 0 radical (unpaired) electrons. The SMILES string of the molecule is COc1ccc(N(C)c2c(Cl)cc(N)cc2Cl)cc1.